The van der Waals surface area contributed by atoms with E-state index in [2.05, 4.69) is 0 Å². The van der Waals surface area contributed by atoms with Gasteiger partial charge in [-0.05, 0) is 23.8 Å². The van der Waals surface area contributed by atoms with Gasteiger partial charge < -0.3 is 9.64 Å². The topological polar surface area (TPSA) is 60.1 Å². The Hall–Kier alpha value is -3.01. The van der Waals surface area contributed by atoms with Crippen molar-refractivity contribution in [2.75, 3.05) is 19.0 Å². The van der Waals surface area contributed by atoms with Gasteiger partial charge in [-0.15, -0.1) is 0 Å². The van der Waals surface area contributed by atoms with Gasteiger partial charge >= 0.3 is 6.18 Å². The normalized spacial score (nSPS) is 19.3. The molecule has 4 nitrogen and oxygen atoms in total. The molecule has 0 aromatic heterocycles. The highest BCUT2D eigenvalue weighted by Gasteiger charge is 2.37. The van der Waals surface area contributed by atoms with E-state index in [1.165, 1.54) is 12.1 Å². The number of anilines is 1. The Labute approximate surface area is 148 Å². The molecule has 0 saturated carbocycles. The van der Waals surface area contributed by atoms with Gasteiger partial charge in [-0.2, -0.15) is 18.4 Å². The average Bonchev–Trinajstić information content (AvgIpc) is 2.59. The molecule has 1 aliphatic rings. The maximum absolute atomic E-state index is 12.8. The third-order valence-corrected chi connectivity index (χ3v) is 4.42. The van der Waals surface area contributed by atoms with E-state index in [0.29, 0.717) is 16.9 Å². The van der Waals surface area contributed by atoms with Crippen molar-refractivity contribution in [1.82, 2.24) is 0 Å². The number of nitriles is 1. The zero-order valence-corrected chi connectivity index (χ0v) is 14.1. The lowest BCUT2D eigenvalue weighted by atomic mass is 9.79. The van der Waals surface area contributed by atoms with Crippen molar-refractivity contribution >= 4 is 11.6 Å². The van der Waals surface area contributed by atoms with Crippen LogP contribution in [0.1, 0.15) is 22.6 Å². The summed E-state index contributed by atoms with van der Waals surface area (Å²) >= 11 is 0. The van der Waals surface area contributed by atoms with E-state index in [0.717, 1.165) is 17.8 Å². The van der Waals surface area contributed by atoms with Crippen LogP contribution >= 0.6 is 0 Å². The molecule has 0 aliphatic carbocycles. The number of nitrogens with zero attached hydrogens (tertiary/aromatic N) is 2. The second-order valence-electron chi connectivity index (χ2n) is 6.29. The van der Waals surface area contributed by atoms with Crippen LogP contribution in [0, 0.1) is 22.7 Å². The van der Waals surface area contributed by atoms with Crippen LogP contribution in [0.15, 0.2) is 42.5 Å². The highest BCUT2D eigenvalue weighted by atomic mass is 19.4. The predicted octanol–water partition coefficient (Wildman–Crippen LogP) is 4.41. The van der Waals surface area contributed by atoms with E-state index >= 15 is 0 Å². The minimum absolute atomic E-state index is 0.208. The number of fused-ring (bicyclic) bond motifs is 1. The highest BCUT2D eigenvalue weighted by molar-refractivity contribution is 5.85. The molecule has 1 aliphatic heterocycles. The van der Waals surface area contributed by atoms with Gasteiger partial charge in [0.05, 0.1) is 11.6 Å². The van der Waals surface area contributed by atoms with Gasteiger partial charge in [0, 0.05) is 37.3 Å². The van der Waals surface area contributed by atoms with Gasteiger partial charge in [-0.25, -0.2) is 0 Å². The molecule has 26 heavy (non-hydrogen) atoms. The maximum atomic E-state index is 12.8. The van der Waals surface area contributed by atoms with Crippen LogP contribution in [0.5, 0.6) is 5.75 Å². The summed E-state index contributed by atoms with van der Waals surface area (Å²) in [5.74, 6) is -1.22. The summed E-state index contributed by atoms with van der Waals surface area (Å²) in [6, 6.07) is 12.2. The fourth-order valence-electron chi connectivity index (χ4n) is 3.04. The second-order valence-corrected chi connectivity index (χ2v) is 6.29. The van der Waals surface area contributed by atoms with Gasteiger partial charge in [0.1, 0.15) is 11.7 Å². The van der Waals surface area contributed by atoms with Crippen molar-refractivity contribution in [3.05, 3.63) is 59.2 Å². The standard InChI is InChI=1S/C19H16F3N3O/c1-25(2)13-7-8-14-16(9-13)26-18(24)15(10-23)17(14)11-3-5-12(6-4-11)19(20,21)22/h3-9,15,17,24H,1-2H3. The Morgan fingerprint density at radius 1 is 1.12 bits per heavy atom. The first-order valence-corrected chi connectivity index (χ1v) is 7.86. The fourth-order valence-corrected chi connectivity index (χ4v) is 3.04. The predicted molar refractivity (Wildman–Crippen MR) is 91.5 cm³/mol. The minimum Gasteiger partial charge on any atom is -0.442 e. The van der Waals surface area contributed by atoms with Crippen LogP contribution in [-0.2, 0) is 6.18 Å². The van der Waals surface area contributed by atoms with Crippen LogP contribution < -0.4 is 9.64 Å². The number of alkyl halides is 3. The molecule has 2 aromatic carbocycles. The molecule has 0 amide bonds. The van der Waals surface area contributed by atoms with Crippen molar-refractivity contribution < 1.29 is 17.9 Å². The molecule has 7 heteroatoms. The van der Waals surface area contributed by atoms with E-state index in [1.54, 1.807) is 12.1 Å². The summed E-state index contributed by atoms with van der Waals surface area (Å²) in [5, 5.41) is 17.5. The first-order chi connectivity index (χ1) is 12.2. The molecule has 0 bridgehead atoms. The molecule has 3 rings (SSSR count). The van der Waals surface area contributed by atoms with Gasteiger partial charge in [0.25, 0.3) is 0 Å². The van der Waals surface area contributed by atoms with Crippen LogP contribution in [0.3, 0.4) is 0 Å². The number of hydrogen-bond acceptors (Lipinski definition) is 4. The number of nitrogens with one attached hydrogen (secondary N) is 1. The lowest BCUT2D eigenvalue weighted by Gasteiger charge is -2.31. The summed E-state index contributed by atoms with van der Waals surface area (Å²) in [6.45, 7) is 0. The molecule has 2 unspecified atom stereocenters. The molecule has 134 valence electrons. The van der Waals surface area contributed by atoms with E-state index in [1.807, 2.05) is 31.1 Å². The minimum atomic E-state index is -4.42. The van der Waals surface area contributed by atoms with E-state index < -0.39 is 23.6 Å². The largest absolute Gasteiger partial charge is 0.442 e. The van der Waals surface area contributed by atoms with Crippen LogP contribution in [0.25, 0.3) is 0 Å². The van der Waals surface area contributed by atoms with Gasteiger partial charge in [0.2, 0.25) is 5.90 Å². The molecule has 0 radical (unpaired) electrons. The molecular formula is C19H16F3N3O. The zero-order chi connectivity index (χ0) is 19.1. The summed E-state index contributed by atoms with van der Waals surface area (Å²) in [4.78, 5) is 1.87. The van der Waals surface area contributed by atoms with Gasteiger partial charge in [-0.1, -0.05) is 18.2 Å². The average molecular weight is 359 g/mol. The first kappa shape index (κ1) is 17.8. The van der Waals surface area contributed by atoms with Crippen molar-refractivity contribution in [2.45, 2.75) is 12.1 Å². The van der Waals surface area contributed by atoms with E-state index in [4.69, 9.17) is 10.1 Å². The zero-order valence-electron chi connectivity index (χ0n) is 14.1. The first-order valence-electron chi connectivity index (χ1n) is 7.86. The van der Waals surface area contributed by atoms with Crippen LogP contribution in [0.2, 0.25) is 0 Å². The Kier molecular flexibility index (Phi) is 4.36. The molecule has 1 N–H and O–H groups in total. The second kappa shape index (κ2) is 6.37. The number of halogens is 3. The van der Waals surface area contributed by atoms with E-state index in [9.17, 15) is 18.4 Å². The lowest BCUT2D eigenvalue weighted by molar-refractivity contribution is -0.137. The lowest BCUT2D eigenvalue weighted by Crippen LogP contribution is -2.31. The Balaban J connectivity index is 2.10. The highest BCUT2D eigenvalue weighted by Crippen LogP contribution is 2.43. The molecule has 2 aromatic rings. The van der Waals surface area contributed by atoms with Crippen molar-refractivity contribution in [3.8, 4) is 11.8 Å². The van der Waals surface area contributed by atoms with Gasteiger partial charge in [0.15, 0.2) is 0 Å². The fraction of sp³-hybridized carbons (Fsp3) is 0.263. The van der Waals surface area contributed by atoms with Crippen molar-refractivity contribution in [2.24, 2.45) is 5.92 Å². The molecule has 0 fully saturated rings. The van der Waals surface area contributed by atoms with Gasteiger partial charge in [-0.3, -0.25) is 5.41 Å². The molecular weight excluding hydrogens is 343 g/mol. The summed E-state index contributed by atoms with van der Waals surface area (Å²) < 4.78 is 44.0. The number of ether oxygens (including phenoxy) is 1. The Morgan fingerprint density at radius 2 is 1.77 bits per heavy atom. The van der Waals surface area contributed by atoms with E-state index in [-0.39, 0.29) is 5.90 Å². The van der Waals surface area contributed by atoms with Crippen molar-refractivity contribution in [3.63, 3.8) is 0 Å². The molecule has 0 spiro atoms. The monoisotopic (exact) mass is 359 g/mol. The summed E-state index contributed by atoms with van der Waals surface area (Å²) in [5.41, 5.74) is 1.33. The van der Waals surface area contributed by atoms with Crippen LogP contribution in [0.4, 0.5) is 18.9 Å². The van der Waals surface area contributed by atoms with Crippen LogP contribution in [-0.4, -0.2) is 20.0 Å². The number of rotatable bonds is 2. The Bertz CT molecular complexity index is 882. The third-order valence-electron chi connectivity index (χ3n) is 4.42. The molecule has 1 heterocycles. The maximum Gasteiger partial charge on any atom is 0.416 e. The summed E-state index contributed by atoms with van der Waals surface area (Å²) in [6.07, 6.45) is -4.42. The van der Waals surface area contributed by atoms with Crippen molar-refractivity contribution in [1.29, 1.82) is 10.7 Å². The number of hydrogen-bond donors (Lipinski definition) is 1. The quantitative estimate of drug-likeness (QED) is 0.864. The molecule has 0 saturated heterocycles. The number of benzene rings is 2. The smallest absolute Gasteiger partial charge is 0.416 e. The summed E-state index contributed by atoms with van der Waals surface area (Å²) in [7, 11) is 3.72. The third kappa shape index (κ3) is 3.10. The SMILES string of the molecule is CN(C)c1ccc2c(c1)OC(=N)C(C#N)C2c1ccc(C(F)(F)F)cc1. The molecule has 2 atom stereocenters. The Morgan fingerprint density at radius 3 is 2.31 bits per heavy atom.